The quantitative estimate of drug-likeness (QED) is 0.639. The van der Waals surface area contributed by atoms with Crippen LogP contribution in [0.15, 0.2) is 73.3 Å². The average Bonchev–Trinajstić information content (AvgIpc) is 3.31. The van der Waals surface area contributed by atoms with Crippen molar-refractivity contribution in [3.63, 3.8) is 0 Å². The third-order valence-corrected chi connectivity index (χ3v) is 5.44. The van der Waals surface area contributed by atoms with E-state index in [1.807, 2.05) is 65.4 Å². The van der Waals surface area contributed by atoms with Crippen LogP contribution < -0.4 is 10.1 Å². The molecule has 2 aromatic carbocycles. The highest BCUT2D eigenvalue weighted by Crippen LogP contribution is 2.21. The van der Waals surface area contributed by atoms with Crippen molar-refractivity contribution in [1.29, 1.82) is 0 Å². The molecular formula is C24H26N4O3. The Kier molecular flexibility index (Phi) is 6.62. The second kappa shape index (κ2) is 9.93. The number of hydrogen-bond donors (Lipinski definition) is 1. The van der Waals surface area contributed by atoms with Gasteiger partial charge in [-0.15, -0.1) is 0 Å². The molecule has 7 nitrogen and oxygen atoms in total. The van der Waals surface area contributed by atoms with Gasteiger partial charge in [-0.2, -0.15) is 0 Å². The van der Waals surface area contributed by atoms with Crippen molar-refractivity contribution in [3.05, 3.63) is 78.9 Å². The van der Waals surface area contributed by atoms with Crippen LogP contribution in [0.4, 0.5) is 5.69 Å². The molecule has 1 fully saturated rings. The van der Waals surface area contributed by atoms with Crippen molar-refractivity contribution in [1.82, 2.24) is 14.5 Å². The summed E-state index contributed by atoms with van der Waals surface area (Å²) in [4.78, 5) is 31.0. The zero-order chi connectivity index (χ0) is 21.5. The van der Waals surface area contributed by atoms with E-state index >= 15 is 0 Å². The van der Waals surface area contributed by atoms with Crippen molar-refractivity contribution in [2.75, 3.05) is 25.0 Å². The summed E-state index contributed by atoms with van der Waals surface area (Å²) in [6, 6.07) is 17.1. The number of nitrogens with zero attached hydrogens (tertiary/aromatic N) is 3. The Labute approximate surface area is 181 Å². The molecule has 3 aromatic rings. The topological polar surface area (TPSA) is 76.5 Å². The zero-order valence-electron chi connectivity index (χ0n) is 17.3. The van der Waals surface area contributed by atoms with Gasteiger partial charge in [0.15, 0.2) is 6.61 Å². The summed E-state index contributed by atoms with van der Waals surface area (Å²) in [5.74, 6) is 0.541. The molecule has 160 valence electrons. The predicted octanol–water partition coefficient (Wildman–Crippen LogP) is 3.19. The maximum absolute atomic E-state index is 12.7. The Morgan fingerprint density at radius 1 is 1.06 bits per heavy atom. The fraction of sp³-hybridized carbons (Fsp3) is 0.292. The van der Waals surface area contributed by atoms with Gasteiger partial charge in [-0.3, -0.25) is 9.59 Å². The molecule has 1 N–H and O–H groups in total. The highest BCUT2D eigenvalue weighted by molar-refractivity contribution is 5.92. The van der Waals surface area contributed by atoms with Gasteiger partial charge < -0.3 is 19.5 Å². The Hall–Kier alpha value is -3.61. The Balaban J connectivity index is 1.24. The van der Waals surface area contributed by atoms with E-state index in [1.54, 1.807) is 17.4 Å². The van der Waals surface area contributed by atoms with Gasteiger partial charge >= 0.3 is 0 Å². The van der Waals surface area contributed by atoms with Crippen LogP contribution in [0.1, 0.15) is 18.4 Å². The first-order valence-corrected chi connectivity index (χ1v) is 10.5. The number of nitrogens with one attached hydrogen (secondary N) is 1. The number of anilines is 1. The van der Waals surface area contributed by atoms with Crippen molar-refractivity contribution in [2.24, 2.45) is 5.92 Å². The number of aromatic nitrogens is 2. The lowest BCUT2D eigenvalue weighted by molar-refractivity contribution is -0.136. The summed E-state index contributed by atoms with van der Waals surface area (Å²) in [7, 11) is 0. The summed E-state index contributed by atoms with van der Waals surface area (Å²) >= 11 is 0. The summed E-state index contributed by atoms with van der Waals surface area (Å²) in [6.07, 6.45) is 6.72. The number of amides is 2. The van der Waals surface area contributed by atoms with E-state index in [-0.39, 0.29) is 24.3 Å². The summed E-state index contributed by atoms with van der Waals surface area (Å²) in [6.45, 7) is 1.85. The number of carbonyl (C=O) groups excluding carboxylic acids is 2. The lowest BCUT2D eigenvalue weighted by Gasteiger charge is -2.31. The van der Waals surface area contributed by atoms with Crippen molar-refractivity contribution >= 4 is 17.5 Å². The molecule has 7 heteroatoms. The van der Waals surface area contributed by atoms with Gasteiger partial charge in [-0.25, -0.2) is 4.98 Å². The van der Waals surface area contributed by atoms with Gasteiger partial charge in [0.25, 0.3) is 5.91 Å². The number of hydrogen-bond acceptors (Lipinski definition) is 4. The Morgan fingerprint density at radius 3 is 2.61 bits per heavy atom. The molecule has 0 spiro atoms. The standard InChI is InChI=1S/C24H26N4O3/c29-23(17-31-22-7-2-1-3-8-22)28-12-9-20(10-13-28)24(30)26-21-6-4-5-19(15-21)16-27-14-11-25-18-27/h1-8,11,14-15,18,20H,9-10,12-13,16-17H2,(H,26,30). The minimum atomic E-state index is -0.101. The van der Waals surface area contributed by atoms with Crippen molar-refractivity contribution in [3.8, 4) is 5.75 Å². The minimum absolute atomic E-state index is 0.00687. The molecule has 0 aliphatic carbocycles. The van der Waals surface area contributed by atoms with Crippen LogP contribution in [0.3, 0.4) is 0 Å². The molecule has 1 aliphatic heterocycles. The van der Waals surface area contributed by atoms with Gasteiger partial charge in [0, 0.05) is 43.6 Å². The van der Waals surface area contributed by atoms with E-state index in [0.717, 1.165) is 11.3 Å². The number of rotatable bonds is 7. The number of carbonyl (C=O) groups is 2. The second-order valence-corrected chi connectivity index (χ2v) is 7.68. The van der Waals surface area contributed by atoms with E-state index < -0.39 is 0 Å². The Morgan fingerprint density at radius 2 is 1.87 bits per heavy atom. The normalized spacial score (nSPS) is 14.3. The average molecular weight is 418 g/mol. The van der Waals surface area contributed by atoms with E-state index in [4.69, 9.17) is 4.74 Å². The van der Waals surface area contributed by atoms with Crippen molar-refractivity contribution in [2.45, 2.75) is 19.4 Å². The van der Waals surface area contributed by atoms with Crippen LogP contribution in [0, 0.1) is 5.92 Å². The van der Waals surface area contributed by atoms with Crippen LogP contribution in [-0.2, 0) is 16.1 Å². The fourth-order valence-electron chi connectivity index (χ4n) is 3.73. The lowest BCUT2D eigenvalue weighted by atomic mass is 9.95. The van der Waals surface area contributed by atoms with Crippen molar-refractivity contribution < 1.29 is 14.3 Å². The molecule has 1 saturated heterocycles. The predicted molar refractivity (Wildman–Crippen MR) is 118 cm³/mol. The van der Waals surface area contributed by atoms with Crippen LogP contribution in [-0.4, -0.2) is 46.0 Å². The number of imidazole rings is 1. The van der Waals surface area contributed by atoms with Gasteiger partial charge in [-0.1, -0.05) is 30.3 Å². The molecule has 31 heavy (non-hydrogen) atoms. The second-order valence-electron chi connectivity index (χ2n) is 7.68. The lowest BCUT2D eigenvalue weighted by Crippen LogP contribution is -2.43. The smallest absolute Gasteiger partial charge is 0.260 e. The van der Waals surface area contributed by atoms with Crippen LogP contribution >= 0.6 is 0 Å². The van der Waals surface area contributed by atoms with Crippen LogP contribution in [0.5, 0.6) is 5.75 Å². The van der Waals surface area contributed by atoms with Crippen LogP contribution in [0.2, 0.25) is 0 Å². The van der Waals surface area contributed by atoms with E-state index in [1.165, 1.54) is 0 Å². The molecule has 0 atom stereocenters. The molecule has 2 heterocycles. The minimum Gasteiger partial charge on any atom is -0.484 e. The SMILES string of the molecule is O=C(Nc1cccc(Cn2ccnc2)c1)C1CCN(C(=O)COc2ccccc2)CC1. The van der Waals surface area contributed by atoms with E-state index in [2.05, 4.69) is 10.3 Å². The monoisotopic (exact) mass is 418 g/mol. The summed E-state index contributed by atoms with van der Waals surface area (Å²) < 4.78 is 7.53. The molecule has 0 saturated carbocycles. The number of benzene rings is 2. The molecule has 0 bridgehead atoms. The number of ether oxygens (including phenoxy) is 1. The van der Waals surface area contributed by atoms with E-state index in [0.29, 0.717) is 38.2 Å². The molecule has 0 radical (unpaired) electrons. The molecular weight excluding hydrogens is 392 g/mol. The molecule has 1 aliphatic rings. The highest BCUT2D eigenvalue weighted by atomic mass is 16.5. The third-order valence-electron chi connectivity index (χ3n) is 5.44. The maximum atomic E-state index is 12.7. The third kappa shape index (κ3) is 5.72. The van der Waals surface area contributed by atoms with E-state index in [9.17, 15) is 9.59 Å². The molecule has 4 rings (SSSR count). The van der Waals surface area contributed by atoms with Gasteiger partial charge in [-0.05, 0) is 42.7 Å². The van der Waals surface area contributed by atoms with Crippen LogP contribution in [0.25, 0.3) is 0 Å². The molecule has 0 unspecified atom stereocenters. The Bertz CT molecular complexity index is 997. The number of likely N-dealkylation sites (tertiary alicyclic amines) is 1. The summed E-state index contributed by atoms with van der Waals surface area (Å²) in [5.41, 5.74) is 1.88. The number of piperidine rings is 1. The van der Waals surface area contributed by atoms with Gasteiger partial charge in [0.05, 0.1) is 6.33 Å². The summed E-state index contributed by atoms with van der Waals surface area (Å²) in [5, 5.41) is 3.03. The first-order valence-electron chi connectivity index (χ1n) is 10.5. The zero-order valence-corrected chi connectivity index (χ0v) is 17.3. The first-order chi connectivity index (χ1) is 15.2. The van der Waals surface area contributed by atoms with Gasteiger partial charge in [0.2, 0.25) is 5.91 Å². The molecule has 2 amide bonds. The largest absolute Gasteiger partial charge is 0.484 e. The number of para-hydroxylation sites is 1. The highest BCUT2D eigenvalue weighted by Gasteiger charge is 2.27. The maximum Gasteiger partial charge on any atom is 0.260 e. The van der Waals surface area contributed by atoms with Gasteiger partial charge in [0.1, 0.15) is 5.75 Å². The first kappa shape index (κ1) is 20.7. The fourth-order valence-corrected chi connectivity index (χ4v) is 3.73. The molecule has 1 aromatic heterocycles.